The van der Waals surface area contributed by atoms with Gasteiger partial charge in [-0.2, -0.15) is 11.8 Å². The average Bonchev–Trinajstić information content (AvgIpc) is 2.09. The maximum absolute atomic E-state index is 9.46. The molecule has 0 amide bonds. The zero-order valence-corrected chi connectivity index (χ0v) is 9.20. The molecule has 1 N–H and O–H groups in total. The van der Waals surface area contributed by atoms with Gasteiger partial charge in [0, 0.05) is 5.75 Å². The Morgan fingerprint density at radius 2 is 1.83 bits per heavy atom. The third-order valence-electron chi connectivity index (χ3n) is 1.84. The van der Waals surface area contributed by atoms with Crippen LogP contribution in [0.2, 0.25) is 0 Å². The largest absolute Gasteiger partial charge is 0.392 e. The number of hydrogen-bond acceptors (Lipinski definition) is 2. The molecule has 0 spiro atoms. The third kappa shape index (κ3) is 8.41. The first kappa shape index (κ1) is 12.3. The SMILES string of the molecule is CCCCSCC(O)CCCC. The summed E-state index contributed by atoms with van der Waals surface area (Å²) in [4.78, 5) is 0. The molecule has 0 saturated heterocycles. The Bertz CT molecular complexity index is 85.9. The van der Waals surface area contributed by atoms with Crippen molar-refractivity contribution in [1.82, 2.24) is 0 Å². The fraction of sp³-hybridized carbons (Fsp3) is 1.00. The van der Waals surface area contributed by atoms with Crippen molar-refractivity contribution in [2.24, 2.45) is 0 Å². The fourth-order valence-corrected chi connectivity index (χ4v) is 2.09. The zero-order chi connectivity index (χ0) is 9.23. The van der Waals surface area contributed by atoms with Crippen molar-refractivity contribution >= 4 is 11.8 Å². The molecule has 0 saturated carbocycles. The highest BCUT2D eigenvalue weighted by Crippen LogP contribution is 2.10. The maximum Gasteiger partial charge on any atom is 0.0630 e. The minimum absolute atomic E-state index is 0.0631. The topological polar surface area (TPSA) is 20.2 Å². The van der Waals surface area contributed by atoms with E-state index in [-0.39, 0.29) is 6.10 Å². The minimum atomic E-state index is -0.0631. The van der Waals surface area contributed by atoms with Crippen molar-refractivity contribution in [2.75, 3.05) is 11.5 Å². The molecule has 0 aromatic rings. The molecule has 0 aromatic heterocycles. The molecule has 1 nitrogen and oxygen atoms in total. The van der Waals surface area contributed by atoms with Gasteiger partial charge in [-0.25, -0.2) is 0 Å². The molecular weight excluding hydrogens is 168 g/mol. The quantitative estimate of drug-likeness (QED) is 0.594. The maximum atomic E-state index is 9.46. The van der Waals surface area contributed by atoms with Crippen LogP contribution in [0.3, 0.4) is 0 Å². The molecule has 1 unspecified atom stereocenters. The van der Waals surface area contributed by atoms with Crippen LogP contribution in [0, 0.1) is 0 Å². The van der Waals surface area contributed by atoms with Gasteiger partial charge in [-0.3, -0.25) is 0 Å². The highest BCUT2D eigenvalue weighted by molar-refractivity contribution is 7.99. The molecule has 0 aliphatic carbocycles. The van der Waals surface area contributed by atoms with Gasteiger partial charge in [-0.05, 0) is 18.6 Å². The molecule has 74 valence electrons. The van der Waals surface area contributed by atoms with Gasteiger partial charge in [0.25, 0.3) is 0 Å². The summed E-state index contributed by atoms with van der Waals surface area (Å²) >= 11 is 1.89. The smallest absolute Gasteiger partial charge is 0.0630 e. The second-order valence-corrected chi connectivity index (χ2v) is 4.37. The highest BCUT2D eigenvalue weighted by Gasteiger charge is 2.02. The van der Waals surface area contributed by atoms with E-state index in [0.29, 0.717) is 0 Å². The predicted octanol–water partition coefficient (Wildman–Crippen LogP) is 3.07. The van der Waals surface area contributed by atoms with Gasteiger partial charge in [0.15, 0.2) is 0 Å². The highest BCUT2D eigenvalue weighted by atomic mass is 32.2. The molecule has 0 radical (unpaired) electrons. The molecule has 0 aliphatic heterocycles. The lowest BCUT2D eigenvalue weighted by molar-refractivity contribution is 0.186. The average molecular weight is 190 g/mol. The Kier molecular flexibility index (Phi) is 9.64. The van der Waals surface area contributed by atoms with E-state index >= 15 is 0 Å². The standard InChI is InChI=1S/C10H22OS/c1-3-5-7-10(11)9-12-8-6-4-2/h10-11H,3-9H2,1-2H3. The van der Waals surface area contributed by atoms with Gasteiger partial charge in [0.1, 0.15) is 0 Å². The van der Waals surface area contributed by atoms with E-state index in [4.69, 9.17) is 0 Å². The molecule has 12 heavy (non-hydrogen) atoms. The number of thioether (sulfide) groups is 1. The molecule has 0 rings (SSSR count). The molecular formula is C10H22OS. The number of aliphatic hydroxyl groups is 1. The van der Waals surface area contributed by atoms with E-state index in [9.17, 15) is 5.11 Å². The molecule has 1 atom stereocenters. The summed E-state index contributed by atoms with van der Waals surface area (Å²) in [5.41, 5.74) is 0. The molecule has 0 aromatic carbocycles. The normalized spacial score (nSPS) is 13.2. The number of unbranched alkanes of at least 4 members (excludes halogenated alkanes) is 2. The lowest BCUT2D eigenvalue weighted by Crippen LogP contribution is -2.09. The van der Waals surface area contributed by atoms with Gasteiger partial charge in [0.05, 0.1) is 6.10 Å². The van der Waals surface area contributed by atoms with Crippen molar-refractivity contribution < 1.29 is 5.11 Å². The van der Waals surface area contributed by atoms with Crippen LogP contribution in [0.25, 0.3) is 0 Å². The first-order chi connectivity index (χ1) is 5.81. The number of aliphatic hydroxyl groups excluding tert-OH is 1. The summed E-state index contributed by atoms with van der Waals surface area (Å²) in [5, 5.41) is 9.46. The molecule has 0 bridgehead atoms. The second-order valence-electron chi connectivity index (χ2n) is 3.22. The van der Waals surface area contributed by atoms with E-state index in [1.807, 2.05) is 11.8 Å². The zero-order valence-electron chi connectivity index (χ0n) is 8.38. The van der Waals surface area contributed by atoms with E-state index in [2.05, 4.69) is 13.8 Å². The summed E-state index contributed by atoms with van der Waals surface area (Å²) in [7, 11) is 0. The van der Waals surface area contributed by atoms with Gasteiger partial charge in [-0.1, -0.05) is 33.1 Å². The number of rotatable bonds is 8. The fourth-order valence-electron chi connectivity index (χ4n) is 0.989. The summed E-state index contributed by atoms with van der Waals surface area (Å²) in [6.07, 6.45) is 5.82. The molecule has 0 heterocycles. The van der Waals surface area contributed by atoms with E-state index < -0.39 is 0 Å². The summed E-state index contributed by atoms with van der Waals surface area (Å²) in [5.74, 6) is 2.14. The van der Waals surface area contributed by atoms with Crippen molar-refractivity contribution in [3.63, 3.8) is 0 Å². The van der Waals surface area contributed by atoms with Gasteiger partial charge >= 0.3 is 0 Å². The van der Waals surface area contributed by atoms with Crippen molar-refractivity contribution in [3.8, 4) is 0 Å². The first-order valence-electron chi connectivity index (χ1n) is 5.07. The van der Waals surface area contributed by atoms with E-state index in [1.54, 1.807) is 0 Å². The van der Waals surface area contributed by atoms with Gasteiger partial charge in [0.2, 0.25) is 0 Å². The van der Waals surface area contributed by atoms with E-state index in [1.165, 1.54) is 25.0 Å². The molecule has 0 aliphatic rings. The van der Waals surface area contributed by atoms with Crippen molar-refractivity contribution in [3.05, 3.63) is 0 Å². The third-order valence-corrected chi connectivity index (χ3v) is 3.04. The Balaban J connectivity index is 3.02. The summed E-state index contributed by atoms with van der Waals surface area (Å²) < 4.78 is 0. The van der Waals surface area contributed by atoms with Crippen LogP contribution < -0.4 is 0 Å². The van der Waals surface area contributed by atoms with Crippen LogP contribution in [0.5, 0.6) is 0 Å². The molecule has 0 fully saturated rings. The van der Waals surface area contributed by atoms with Crippen LogP contribution >= 0.6 is 11.8 Å². The van der Waals surface area contributed by atoms with Crippen LogP contribution in [-0.2, 0) is 0 Å². The van der Waals surface area contributed by atoms with Crippen LogP contribution in [-0.4, -0.2) is 22.7 Å². The lowest BCUT2D eigenvalue weighted by Gasteiger charge is -2.08. The van der Waals surface area contributed by atoms with E-state index in [0.717, 1.165) is 18.6 Å². The van der Waals surface area contributed by atoms with Gasteiger partial charge < -0.3 is 5.11 Å². The Morgan fingerprint density at radius 3 is 2.42 bits per heavy atom. The summed E-state index contributed by atoms with van der Waals surface area (Å²) in [6.45, 7) is 4.37. The monoisotopic (exact) mass is 190 g/mol. The Hall–Kier alpha value is 0.310. The van der Waals surface area contributed by atoms with Gasteiger partial charge in [-0.15, -0.1) is 0 Å². The van der Waals surface area contributed by atoms with Crippen molar-refractivity contribution in [1.29, 1.82) is 0 Å². The summed E-state index contributed by atoms with van der Waals surface area (Å²) in [6, 6.07) is 0. The predicted molar refractivity (Wildman–Crippen MR) is 57.8 cm³/mol. The Labute approximate surface area is 80.9 Å². The lowest BCUT2D eigenvalue weighted by atomic mass is 10.2. The van der Waals surface area contributed by atoms with Crippen LogP contribution in [0.4, 0.5) is 0 Å². The van der Waals surface area contributed by atoms with Crippen LogP contribution in [0.1, 0.15) is 46.0 Å². The minimum Gasteiger partial charge on any atom is -0.392 e. The van der Waals surface area contributed by atoms with Crippen molar-refractivity contribution in [2.45, 2.75) is 52.1 Å². The molecule has 2 heteroatoms. The number of hydrogen-bond donors (Lipinski definition) is 1. The Morgan fingerprint density at radius 1 is 1.17 bits per heavy atom. The second kappa shape index (κ2) is 9.40. The first-order valence-corrected chi connectivity index (χ1v) is 6.22. The van der Waals surface area contributed by atoms with Crippen LogP contribution in [0.15, 0.2) is 0 Å².